The lowest BCUT2D eigenvalue weighted by molar-refractivity contribution is 0.282. The second-order valence-electron chi connectivity index (χ2n) is 3.41. The van der Waals surface area contributed by atoms with Crippen LogP contribution in [0.5, 0.6) is 0 Å². The Bertz CT molecular complexity index is 344. The molecule has 1 rings (SSSR count). The highest BCUT2D eigenvalue weighted by Gasteiger charge is 1.96. The summed E-state index contributed by atoms with van der Waals surface area (Å²) in [5.41, 5.74) is 3.37. The Morgan fingerprint density at radius 3 is 2.40 bits per heavy atom. The molecule has 0 radical (unpaired) electrons. The van der Waals surface area contributed by atoms with Crippen LogP contribution in [-0.2, 0) is 6.61 Å². The van der Waals surface area contributed by atoms with E-state index in [-0.39, 0.29) is 6.61 Å². The van der Waals surface area contributed by atoms with Gasteiger partial charge in [0.2, 0.25) is 0 Å². The van der Waals surface area contributed by atoms with Gasteiger partial charge in [-0.05, 0) is 30.0 Å². The lowest BCUT2D eigenvalue weighted by atomic mass is 10.0. The van der Waals surface area contributed by atoms with Crippen molar-refractivity contribution in [3.63, 3.8) is 0 Å². The number of hydrogen-bond donors (Lipinski definition) is 1. The van der Waals surface area contributed by atoms with Gasteiger partial charge in [-0.1, -0.05) is 49.4 Å². The van der Waals surface area contributed by atoms with Crippen LogP contribution in [-0.4, -0.2) is 5.11 Å². The van der Waals surface area contributed by atoms with Crippen LogP contribution in [0.2, 0.25) is 0 Å². The minimum Gasteiger partial charge on any atom is -0.392 e. The number of aliphatic hydroxyl groups excluding tert-OH is 1. The monoisotopic (exact) mass is 202 g/mol. The van der Waals surface area contributed by atoms with E-state index in [1.165, 1.54) is 11.1 Å². The Kier molecular flexibility index (Phi) is 4.85. The Hall–Kier alpha value is -1.34. The number of benzene rings is 1. The summed E-state index contributed by atoms with van der Waals surface area (Å²) in [4.78, 5) is 0. The first kappa shape index (κ1) is 11.7. The van der Waals surface area contributed by atoms with Crippen molar-refractivity contribution in [2.45, 2.75) is 26.9 Å². The highest BCUT2D eigenvalue weighted by atomic mass is 16.3. The molecule has 1 aromatic rings. The van der Waals surface area contributed by atoms with Crippen LogP contribution in [0.3, 0.4) is 0 Å². The molecule has 1 heteroatoms. The molecule has 15 heavy (non-hydrogen) atoms. The molecule has 1 nitrogen and oxygen atoms in total. The fourth-order valence-electron chi connectivity index (χ4n) is 1.41. The van der Waals surface area contributed by atoms with Gasteiger partial charge in [0.25, 0.3) is 0 Å². The van der Waals surface area contributed by atoms with Crippen molar-refractivity contribution in [2.24, 2.45) is 0 Å². The van der Waals surface area contributed by atoms with Crippen LogP contribution in [0.25, 0.3) is 5.57 Å². The minimum atomic E-state index is 0.107. The van der Waals surface area contributed by atoms with Gasteiger partial charge in [0.05, 0.1) is 6.61 Å². The molecule has 0 fully saturated rings. The van der Waals surface area contributed by atoms with Gasteiger partial charge >= 0.3 is 0 Å². The summed E-state index contributed by atoms with van der Waals surface area (Å²) in [6, 6.07) is 8.00. The van der Waals surface area contributed by atoms with Crippen molar-refractivity contribution in [3.05, 3.63) is 53.6 Å². The van der Waals surface area contributed by atoms with Crippen LogP contribution in [0.15, 0.2) is 42.5 Å². The van der Waals surface area contributed by atoms with Gasteiger partial charge in [-0.3, -0.25) is 0 Å². The van der Waals surface area contributed by atoms with E-state index >= 15 is 0 Å². The molecule has 0 amide bonds. The van der Waals surface area contributed by atoms with Crippen molar-refractivity contribution >= 4 is 5.57 Å². The van der Waals surface area contributed by atoms with E-state index in [0.29, 0.717) is 0 Å². The normalized spacial score (nSPS) is 12.3. The van der Waals surface area contributed by atoms with E-state index in [1.807, 2.05) is 31.2 Å². The maximum atomic E-state index is 8.94. The zero-order valence-corrected chi connectivity index (χ0v) is 9.40. The molecular weight excluding hydrogens is 184 g/mol. The molecule has 0 unspecified atom stereocenters. The number of hydrogen-bond acceptors (Lipinski definition) is 1. The summed E-state index contributed by atoms with van der Waals surface area (Å²) in [6.45, 7) is 4.27. The summed E-state index contributed by atoms with van der Waals surface area (Å²) in [6.07, 6.45) is 7.43. The van der Waals surface area contributed by atoms with E-state index in [2.05, 4.69) is 25.2 Å². The molecule has 80 valence electrons. The Morgan fingerprint density at radius 1 is 1.27 bits per heavy atom. The van der Waals surface area contributed by atoms with E-state index in [0.717, 1.165) is 12.0 Å². The van der Waals surface area contributed by atoms with Crippen LogP contribution < -0.4 is 0 Å². The van der Waals surface area contributed by atoms with E-state index in [1.54, 1.807) is 0 Å². The maximum absolute atomic E-state index is 8.94. The fourth-order valence-corrected chi connectivity index (χ4v) is 1.41. The first-order chi connectivity index (χ1) is 7.31. The molecule has 1 N–H and O–H groups in total. The SMILES string of the molecule is C/C=C(\C=C/CC)c1ccc(CO)cc1. The maximum Gasteiger partial charge on any atom is 0.0681 e. The van der Waals surface area contributed by atoms with E-state index in [4.69, 9.17) is 5.11 Å². The number of rotatable bonds is 4. The van der Waals surface area contributed by atoms with Gasteiger partial charge in [-0.25, -0.2) is 0 Å². The van der Waals surface area contributed by atoms with Crippen molar-refractivity contribution in [2.75, 3.05) is 0 Å². The van der Waals surface area contributed by atoms with Crippen molar-refractivity contribution in [1.82, 2.24) is 0 Å². The molecule has 0 atom stereocenters. The first-order valence-electron chi connectivity index (χ1n) is 5.34. The second-order valence-corrected chi connectivity index (χ2v) is 3.41. The molecule has 0 saturated carbocycles. The largest absolute Gasteiger partial charge is 0.392 e. The summed E-state index contributed by atoms with van der Waals surface area (Å²) in [5, 5.41) is 8.94. The van der Waals surface area contributed by atoms with Crippen LogP contribution >= 0.6 is 0 Å². The van der Waals surface area contributed by atoms with E-state index < -0.39 is 0 Å². The molecule has 0 aliphatic carbocycles. The van der Waals surface area contributed by atoms with Crippen LogP contribution in [0, 0.1) is 0 Å². The molecular formula is C14H18O. The summed E-state index contributed by atoms with van der Waals surface area (Å²) in [5.74, 6) is 0. The standard InChI is InChI=1S/C14H18O/c1-3-5-6-13(4-2)14-9-7-12(11-15)8-10-14/h4-10,15H,3,11H2,1-2H3/b6-5-,13-4+. The average Bonchev–Trinajstić information content (AvgIpc) is 2.31. The third-order valence-corrected chi connectivity index (χ3v) is 2.31. The topological polar surface area (TPSA) is 20.2 Å². The van der Waals surface area contributed by atoms with Crippen LogP contribution in [0.4, 0.5) is 0 Å². The van der Waals surface area contributed by atoms with Gasteiger partial charge < -0.3 is 5.11 Å². The molecule has 0 saturated heterocycles. The molecule has 0 spiro atoms. The Morgan fingerprint density at radius 2 is 1.93 bits per heavy atom. The van der Waals surface area contributed by atoms with Crippen molar-refractivity contribution in [1.29, 1.82) is 0 Å². The molecule has 0 aliphatic rings. The summed E-state index contributed by atoms with van der Waals surface area (Å²) >= 11 is 0. The van der Waals surface area contributed by atoms with Gasteiger partial charge in [0, 0.05) is 0 Å². The van der Waals surface area contributed by atoms with Crippen molar-refractivity contribution < 1.29 is 5.11 Å². The Labute approximate surface area is 91.8 Å². The number of aliphatic hydroxyl groups is 1. The van der Waals surface area contributed by atoms with Gasteiger partial charge in [0.1, 0.15) is 0 Å². The first-order valence-corrected chi connectivity index (χ1v) is 5.34. The van der Waals surface area contributed by atoms with Gasteiger partial charge in [-0.2, -0.15) is 0 Å². The average molecular weight is 202 g/mol. The third kappa shape index (κ3) is 3.37. The molecule has 0 aromatic heterocycles. The van der Waals surface area contributed by atoms with Gasteiger partial charge in [0.15, 0.2) is 0 Å². The summed E-state index contributed by atoms with van der Waals surface area (Å²) < 4.78 is 0. The second kappa shape index (κ2) is 6.20. The lowest BCUT2D eigenvalue weighted by Crippen LogP contribution is -1.85. The third-order valence-electron chi connectivity index (χ3n) is 2.31. The highest BCUT2D eigenvalue weighted by molar-refractivity contribution is 5.73. The predicted molar refractivity (Wildman–Crippen MR) is 65.4 cm³/mol. The molecule has 0 bridgehead atoms. The predicted octanol–water partition coefficient (Wildman–Crippen LogP) is 3.55. The van der Waals surface area contributed by atoms with Crippen molar-refractivity contribution in [3.8, 4) is 0 Å². The number of allylic oxidation sites excluding steroid dienone is 4. The smallest absolute Gasteiger partial charge is 0.0681 e. The Balaban J connectivity index is 2.89. The fraction of sp³-hybridized carbons (Fsp3) is 0.286. The molecule has 0 aliphatic heterocycles. The summed E-state index contributed by atoms with van der Waals surface area (Å²) in [7, 11) is 0. The highest BCUT2D eigenvalue weighted by Crippen LogP contribution is 2.16. The quantitative estimate of drug-likeness (QED) is 0.740. The van der Waals surface area contributed by atoms with Gasteiger partial charge in [-0.15, -0.1) is 0 Å². The zero-order chi connectivity index (χ0) is 11.1. The lowest BCUT2D eigenvalue weighted by Gasteiger charge is -2.03. The minimum absolute atomic E-state index is 0.107. The zero-order valence-electron chi connectivity index (χ0n) is 9.40. The molecule has 1 aromatic carbocycles. The van der Waals surface area contributed by atoms with E-state index in [9.17, 15) is 0 Å². The van der Waals surface area contributed by atoms with Crippen LogP contribution in [0.1, 0.15) is 31.4 Å². The molecule has 0 heterocycles.